The molecule has 152 valence electrons. The molecule has 0 saturated carbocycles. The van der Waals surface area contributed by atoms with Crippen molar-refractivity contribution < 1.29 is 22.0 Å². The third-order valence-electron chi connectivity index (χ3n) is 4.36. The van der Waals surface area contributed by atoms with E-state index in [9.17, 15) is 17.6 Å². The van der Waals surface area contributed by atoms with Crippen LogP contribution in [-0.4, -0.2) is 14.3 Å². The van der Waals surface area contributed by atoms with Crippen LogP contribution in [0.25, 0.3) is 0 Å². The Hall–Kier alpha value is -2.84. The van der Waals surface area contributed by atoms with E-state index < -0.39 is 26.6 Å². The number of sulfonamides is 1. The largest absolute Gasteiger partial charge is 0.466 e. The third-order valence-corrected chi connectivity index (χ3v) is 6.01. The zero-order valence-corrected chi connectivity index (χ0v) is 17.4. The zero-order valence-electron chi connectivity index (χ0n) is 15.8. The van der Waals surface area contributed by atoms with Crippen molar-refractivity contribution in [3.63, 3.8) is 0 Å². The molecule has 1 amide bonds. The Kier molecular flexibility index (Phi) is 5.68. The topological polar surface area (TPSA) is 88.4 Å². The van der Waals surface area contributed by atoms with Gasteiger partial charge in [0.15, 0.2) is 0 Å². The molecule has 3 rings (SSSR count). The molecule has 0 bridgehead atoms. The first-order valence-electron chi connectivity index (χ1n) is 8.54. The number of hydrogen-bond acceptors (Lipinski definition) is 4. The number of anilines is 2. The van der Waals surface area contributed by atoms with Gasteiger partial charge in [-0.05, 0) is 63.2 Å². The minimum Gasteiger partial charge on any atom is -0.466 e. The van der Waals surface area contributed by atoms with Gasteiger partial charge in [0.05, 0.1) is 5.56 Å². The van der Waals surface area contributed by atoms with Gasteiger partial charge in [-0.25, -0.2) is 12.8 Å². The van der Waals surface area contributed by atoms with E-state index in [-0.39, 0.29) is 11.4 Å². The second-order valence-electron chi connectivity index (χ2n) is 6.43. The Morgan fingerprint density at radius 1 is 1.00 bits per heavy atom. The molecule has 0 unspecified atom stereocenters. The van der Waals surface area contributed by atoms with Crippen LogP contribution in [0.4, 0.5) is 15.8 Å². The van der Waals surface area contributed by atoms with Crippen molar-refractivity contribution in [2.45, 2.75) is 25.7 Å². The highest BCUT2D eigenvalue weighted by Gasteiger charge is 2.22. The monoisotopic (exact) mass is 436 g/mol. The van der Waals surface area contributed by atoms with Crippen LogP contribution in [0.5, 0.6) is 0 Å². The first-order valence-corrected chi connectivity index (χ1v) is 10.4. The standard InChI is InChI=1S/C20H18ClFN2O4S/c1-11-12(2)28-13(3)19(11)20(25)23-16-8-9-17(22)18(10-16)29(26,27)24-15-6-4-14(21)5-7-15/h4-10,24H,1-3H3,(H,23,25). The maximum atomic E-state index is 14.3. The van der Waals surface area contributed by atoms with Crippen molar-refractivity contribution in [2.75, 3.05) is 10.0 Å². The Morgan fingerprint density at radius 2 is 1.62 bits per heavy atom. The fraction of sp³-hybridized carbons (Fsp3) is 0.150. The van der Waals surface area contributed by atoms with Gasteiger partial charge in [-0.15, -0.1) is 0 Å². The maximum absolute atomic E-state index is 14.3. The minimum atomic E-state index is -4.23. The van der Waals surface area contributed by atoms with Gasteiger partial charge in [0.2, 0.25) is 0 Å². The van der Waals surface area contributed by atoms with Gasteiger partial charge < -0.3 is 9.73 Å². The molecular weight excluding hydrogens is 419 g/mol. The first-order chi connectivity index (χ1) is 13.6. The summed E-state index contributed by atoms with van der Waals surface area (Å²) < 4.78 is 47.2. The third kappa shape index (κ3) is 4.44. The molecule has 3 aromatic rings. The number of benzene rings is 2. The second-order valence-corrected chi connectivity index (χ2v) is 8.51. The molecule has 0 spiro atoms. The van der Waals surface area contributed by atoms with E-state index in [4.69, 9.17) is 16.0 Å². The SMILES string of the molecule is Cc1oc(C)c(C(=O)Nc2ccc(F)c(S(=O)(=O)Nc3ccc(Cl)cc3)c2)c1C. The number of furan rings is 1. The lowest BCUT2D eigenvalue weighted by molar-refractivity contribution is 0.102. The molecule has 6 nitrogen and oxygen atoms in total. The molecule has 2 N–H and O–H groups in total. The van der Waals surface area contributed by atoms with E-state index in [1.54, 1.807) is 20.8 Å². The van der Waals surface area contributed by atoms with Gasteiger partial charge in [-0.2, -0.15) is 0 Å². The minimum absolute atomic E-state index is 0.130. The summed E-state index contributed by atoms with van der Waals surface area (Å²) in [7, 11) is -4.23. The summed E-state index contributed by atoms with van der Waals surface area (Å²) in [4.78, 5) is 12.0. The number of carbonyl (C=O) groups is 1. The summed E-state index contributed by atoms with van der Waals surface area (Å²) in [5.74, 6) is -0.368. The molecule has 0 aliphatic heterocycles. The highest BCUT2D eigenvalue weighted by molar-refractivity contribution is 7.92. The van der Waals surface area contributed by atoms with Gasteiger partial charge in [0.1, 0.15) is 22.2 Å². The van der Waals surface area contributed by atoms with Gasteiger partial charge >= 0.3 is 0 Å². The molecule has 2 aromatic carbocycles. The molecule has 29 heavy (non-hydrogen) atoms. The molecule has 0 radical (unpaired) electrons. The van der Waals surface area contributed by atoms with Crippen LogP contribution in [0.15, 0.2) is 51.8 Å². The van der Waals surface area contributed by atoms with Crippen LogP contribution in [0, 0.1) is 26.6 Å². The molecule has 0 saturated heterocycles. The van der Waals surface area contributed by atoms with Gasteiger partial charge in [-0.1, -0.05) is 11.6 Å². The Morgan fingerprint density at radius 3 is 2.21 bits per heavy atom. The first kappa shape index (κ1) is 20.9. The average Bonchev–Trinajstić information content (AvgIpc) is 2.90. The Labute approximate surface area is 172 Å². The van der Waals surface area contributed by atoms with Crippen LogP contribution in [0.1, 0.15) is 27.4 Å². The van der Waals surface area contributed by atoms with Crippen LogP contribution in [0.2, 0.25) is 5.02 Å². The number of nitrogens with one attached hydrogen (secondary N) is 2. The van der Waals surface area contributed by atoms with Crippen LogP contribution >= 0.6 is 11.6 Å². The second kappa shape index (κ2) is 7.88. The lowest BCUT2D eigenvalue weighted by atomic mass is 10.1. The van der Waals surface area contributed by atoms with Crippen molar-refractivity contribution in [3.8, 4) is 0 Å². The quantitative estimate of drug-likeness (QED) is 0.585. The highest BCUT2D eigenvalue weighted by Crippen LogP contribution is 2.25. The summed E-state index contributed by atoms with van der Waals surface area (Å²) in [6.07, 6.45) is 0. The fourth-order valence-electron chi connectivity index (χ4n) is 2.84. The molecule has 9 heteroatoms. The summed E-state index contributed by atoms with van der Waals surface area (Å²) in [6, 6.07) is 9.24. The summed E-state index contributed by atoms with van der Waals surface area (Å²) in [6.45, 7) is 5.15. The Balaban J connectivity index is 1.89. The van der Waals surface area contributed by atoms with Crippen LogP contribution in [0.3, 0.4) is 0 Å². The van der Waals surface area contributed by atoms with Crippen molar-refractivity contribution in [1.29, 1.82) is 0 Å². The zero-order chi connectivity index (χ0) is 21.3. The lowest BCUT2D eigenvalue weighted by Crippen LogP contribution is -2.17. The van der Waals surface area contributed by atoms with E-state index in [0.717, 1.165) is 12.1 Å². The molecule has 0 aliphatic carbocycles. The highest BCUT2D eigenvalue weighted by atomic mass is 35.5. The van der Waals surface area contributed by atoms with Crippen molar-refractivity contribution in [3.05, 3.63) is 76.0 Å². The van der Waals surface area contributed by atoms with Gasteiger partial charge in [-0.3, -0.25) is 9.52 Å². The number of hydrogen-bond donors (Lipinski definition) is 2. The number of halogens is 2. The predicted octanol–water partition coefficient (Wildman–Crippen LogP) is 5.05. The van der Waals surface area contributed by atoms with Crippen molar-refractivity contribution >= 4 is 38.9 Å². The van der Waals surface area contributed by atoms with Crippen molar-refractivity contribution in [1.82, 2.24) is 0 Å². The number of carbonyl (C=O) groups excluding carboxylic acids is 1. The lowest BCUT2D eigenvalue weighted by Gasteiger charge is -2.11. The van der Waals surface area contributed by atoms with Gasteiger partial charge in [0, 0.05) is 22.0 Å². The fourth-order valence-corrected chi connectivity index (χ4v) is 4.13. The van der Waals surface area contributed by atoms with Crippen LogP contribution < -0.4 is 10.0 Å². The van der Waals surface area contributed by atoms with E-state index >= 15 is 0 Å². The number of rotatable bonds is 5. The Bertz CT molecular complexity index is 1190. The van der Waals surface area contributed by atoms with E-state index in [0.29, 0.717) is 27.7 Å². The molecule has 0 fully saturated rings. The average molecular weight is 437 g/mol. The molecular formula is C20H18ClFN2O4S. The molecule has 0 atom stereocenters. The maximum Gasteiger partial charge on any atom is 0.264 e. The number of amides is 1. The smallest absolute Gasteiger partial charge is 0.264 e. The summed E-state index contributed by atoms with van der Waals surface area (Å²) in [5, 5.41) is 3.02. The summed E-state index contributed by atoms with van der Waals surface area (Å²) in [5.41, 5.74) is 1.39. The van der Waals surface area contributed by atoms with Crippen LogP contribution in [-0.2, 0) is 10.0 Å². The number of aryl methyl sites for hydroxylation is 2. The predicted molar refractivity (Wildman–Crippen MR) is 110 cm³/mol. The summed E-state index contributed by atoms with van der Waals surface area (Å²) >= 11 is 5.78. The normalized spacial score (nSPS) is 11.3. The molecule has 1 aromatic heterocycles. The van der Waals surface area contributed by atoms with Gasteiger partial charge in [0.25, 0.3) is 15.9 Å². The molecule has 1 heterocycles. The van der Waals surface area contributed by atoms with Crippen molar-refractivity contribution in [2.24, 2.45) is 0 Å². The van der Waals surface area contributed by atoms with E-state index in [2.05, 4.69) is 10.0 Å². The van der Waals surface area contributed by atoms with E-state index in [1.807, 2.05) is 0 Å². The van der Waals surface area contributed by atoms with E-state index in [1.165, 1.54) is 30.3 Å². The molecule has 0 aliphatic rings.